The molecule has 3 aromatic carbocycles. The van der Waals surface area contributed by atoms with Gasteiger partial charge in [-0.05, 0) is 61.0 Å². The molecule has 8 heteroatoms. The van der Waals surface area contributed by atoms with Crippen LogP contribution in [0.3, 0.4) is 0 Å². The zero-order valence-electron chi connectivity index (χ0n) is 19.5. The number of nitrogens with one attached hydrogen (secondary N) is 3. The Hall–Kier alpha value is -3.23. The van der Waals surface area contributed by atoms with E-state index in [1.54, 1.807) is 36.4 Å². The van der Waals surface area contributed by atoms with Crippen molar-refractivity contribution in [3.8, 4) is 5.75 Å². The zero-order valence-corrected chi connectivity index (χ0v) is 21.9. The lowest BCUT2D eigenvalue weighted by Gasteiger charge is -2.15. The van der Waals surface area contributed by atoms with Crippen LogP contribution in [0.2, 0.25) is 0 Å². The summed E-state index contributed by atoms with van der Waals surface area (Å²) in [5.74, 6) is -0.142. The minimum Gasteiger partial charge on any atom is -0.493 e. The SMILES string of the molecule is CCCCOc1ccc(Br)cc1C(=O)NC(=S)Nc1ccccc1C(=O)NCCc1ccccc1. The van der Waals surface area contributed by atoms with E-state index < -0.39 is 5.91 Å². The molecule has 3 aromatic rings. The molecular weight excluding hydrogens is 526 g/mol. The van der Waals surface area contributed by atoms with Crippen LogP contribution in [0.1, 0.15) is 46.0 Å². The molecule has 0 unspecified atom stereocenters. The number of hydrogen-bond donors (Lipinski definition) is 3. The number of carbonyl (C=O) groups is 2. The van der Waals surface area contributed by atoms with Crippen LogP contribution in [-0.4, -0.2) is 30.1 Å². The third-order valence-corrected chi connectivity index (χ3v) is 5.83. The number of rotatable bonds is 10. The number of amides is 2. The van der Waals surface area contributed by atoms with E-state index in [9.17, 15) is 9.59 Å². The molecule has 0 saturated carbocycles. The van der Waals surface area contributed by atoms with Crippen molar-refractivity contribution in [2.45, 2.75) is 26.2 Å². The Morgan fingerprint density at radius 1 is 0.943 bits per heavy atom. The third kappa shape index (κ3) is 8.19. The van der Waals surface area contributed by atoms with Crippen molar-refractivity contribution in [1.82, 2.24) is 10.6 Å². The monoisotopic (exact) mass is 553 g/mol. The molecule has 0 fully saturated rings. The van der Waals surface area contributed by atoms with Crippen LogP contribution < -0.4 is 20.7 Å². The number of halogens is 1. The van der Waals surface area contributed by atoms with Crippen molar-refractivity contribution in [3.05, 3.63) is 94.0 Å². The Bertz CT molecular complexity index is 1170. The van der Waals surface area contributed by atoms with Crippen LogP contribution in [-0.2, 0) is 6.42 Å². The lowest BCUT2D eigenvalue weighted by Crippen LogP contribution is -2.35. The van der Waals surface area contributed by atoms with E-state index in [0.717, 1.165) is 29.3 Å². The molecule has 0 atom stereocenters. The number of carbonyl (C=O) groups excluding carboxylic acids is 2. The van der Waals surface area contributed by atoms with E-state index in [2.05, 4.69) is 38.8 Å². The first-order valence-corrected chi connectivity index (χ1v) is 12.6. The fraction of sp³-hybridized carbons (Fsp3) is 0.222. The van der Waals surface area contributed by atoms with Gasteiger partial charge in [0.1, 0.15) is 5.75 Å². The maximum atomic E-state index is 12.9. The Labute approximate surface area is 219 Å². The molecule has 6 nitrogen and oxygen atoms in total. The summed E-state index contributed by atoms with van der Waals surface area (Å²) in [6.07, 6.45) is 2.61. The molecule has 0 heterocycles. The number of thiocarbonyl (C=S) groups is 1. The molecular formula is C27H28BrN3O3S. The standard InChI is InChI=1S/C27H28BrN3O3S/c1-2-3-17-34-24-14-13-20(28)18-22(24)26(33)31-27(35)30-23-12-8-7-11-21(23)25(32)29-16-15-19-9-5-4-6-10-19/h4-14,18H,2-3,15-17H2,1H3,(H,29,32)(H2,30,31,33,35). The number of unbranched alkanes of at least 4 members (excludes halogenated alkanes) is 1. The summed E-state index contributed by atoms with van der Waals surface area (Å²) < 4.78 is 6.53. The van der Waals surface area contributed by atoms with Crippen LogP contribution in [0.15, 0.2) is 77.3 Å². The van der Waals surface area contributed by atoms with Gasteiger partial charge in [-0.15, -0.1) is 0 Å². The van der Waals surface area contributed by atoms with Gasteiger partial charge in [0.25, 0.3) is 11.8 Å². The molecule has 0 aliphatic heterocycles. The van der Waals surface area contributed by atoms with Crippen molar-refractivity contribution in [2.24, 2.45) is 0 Å². The van der Waals surface area contributed by atoms with Crippen LogP contribution in [0.4, 0.5) is 5.69 Å². The molecule has 0 bridgehead atoms. The third-order valence-electron chi connectivity index (χ3n) is 5.13. The molecule has 182 valence electrons. The van der Waals surface area contributed by atoms with Gasteiger partial charge in [-0.25, -0.2) is 0 Å². The first-order chi connectivity index (χ1) is 17.0. The molecule has 3 rings (SSSR count). The highest BCUT2D eigenvalue weighted by Crippen LogP contribution is 2.24. The first kappa shape index (κ1) is 26.4. The van der Waals surface area contributed by atoms with Gasteiger partial charge in [-0.3, -0.25) is 14.9 Å². The maximum absolute atomic E-state index is 12.9. The highest BCUT2D eigenvalue weighted by molar-refractivity contribution is 9.10. The van der Waals surface area contributed by atoms with Crippen LogP contribution in [0, 0.1) is 0 Å². The fourth-order valence-electron chi connectivity index (χ4n) is 3.31. The largest absolute Gasteiger partial charge is 0.493 e. The average Bonchev–Trinajstić information content (AvgIpc) is 2.86. The summed E-state index contributed by atoms with van der Waals surface area (Å²) in [5, 5.41) is 8.67. The van der Waals surface area contributed by atoms with Crippen molar-refractivity contribution in [3.63, 3.8) is 0 Å². The number of para-hydroxylation sites is 1. The number of hydrogen-bond acceptors (Lipinski definition) is 4. The minimum atomic E-state index is -0.403. The predicted molar refractivity (Wildman–Crippen MR) is 147 cm³/mol. The molecule has 35 heavy (non-hydrogen) atoms. The second kappa shape index (κ2) is 13.6. The second-order valence-corrected chi connectivity index (χ2v) is 9.11. The Morgan fingerprint density at radius 3 is 2.46 bits per heavy atom. The van der Waals surface area contributed by atoms with Gasteiger partial charge >= 0.3 is 0 Å². The lowest BCUT2D eigenvalue weighted by molar-refractivity contribution is 0.0952. The number of anilines is 1. The van der Waals surface area contributed by atoms with Gasteiger partial charge in [-0.2, -0.15) is 0 Å². The molecule has 2 amide bonds. The summed E-state index contributed by atoms with van der Waals surface area (Å²) in [5.41, 5.74) is 2.45. The van der Waals surface area contributed by atoms with Gasteiger partial charge in [0, 0.05) is 11.0 Å². The van der Waals surface area contributed by atoms with Gasteiger partial charge in [0.05, 0.1) is 23.4 Å². The average molecular weight is 555 g/mol. The molecule has 0 saturated heterocycles. The van der Waals surface area contributed by atoms with Crippen LogP contribution in [0.25, 0.3) is 0 Å². The van der Waals surface area contributed by atoms with Crippen LogP contribution in [0.5, 0.6) is 5.75 Å². The van der Waals surface area contributed by atoms with E-state index in [-0.39, 0.29) is 11.0 Å². The topological polar surface area (TPSA) is 79.5 Å². The first-order valence-electron chi connectivity index (χ1n) is 11.4. The predicted octanol–water partition coefficient (Wildman–Crippen LogP) is 5.73. The second-order valence-electron chi connectivity index (χ2n) is 7.79. The Kier molecular flexibility index (Phi) is 10.3. The highest BCUT2D eigenvalue weighted by Gasteiger charge is 2.17. The quantitative estimate of drug-likeness (QED) is 0.221. The van der Waals surface area contributed by atoms with E-state index in [1.165, 1.54) is 0 Å². The van der Waals surface area contributed by atoms with E-state index in [1.807, 2.05) is 36.4 Å². The van der Waals surface area contributed by atoms with E-state index in [0.29, 0.717) is 35.7 Å². The summed E-state index contributed by atoms with van der Waals surface area (Å²) in [6, 6.07) is 22.2. The zero-order chi connectivity index (χ0) is 25.0. The molecule has 0 radical (unpaired) electrons. The molecule has 0 spiro atoms. The fourth-order valence-corrected chi connectivity index (χ4v) is 3.87. The Morgan fingerprint density at radius 2 is 1.69 bits per heavy atom. The van der Waals surface area contributed by atoms with Gasteiger partial charge in [0.15, 0.2) is 5.11 Å². The highest BCUT2D eigenvalue weighted by atomic mass is 79.9. The van der Waals surface area contributed by atoms with Crippen LogP contribution >= 0.6 is 28.1 Å². The normalized spacial score (nSPS) is 10.3. The van der Waals surface area contributed by atoms with E-state index in [4.69, 9.17) is 17.0 Å². The molecule has 3 N–H and O–H groups in total. The van der Waals surface area contributed by atoms with Gasteiger partial charge < -0.3 is 15.4 Å². The van der Waals surface area contributed by atoms with Crippen molar-refractivity contribution in [2.75, 3.05) is 18.5 Å². The van der Waals surface area contributed by atoms with E-state index >= 15 is 0 Å². The number of benzene rings is 3. The summed E-state index contributed by atoms with van der Waals surface area (Å²) in [6.45, 7) is 3.10. The van der Waals surface area contributed by atoms with Crippen molar-refractivity contribution in [1.29, 1.82) is 0 Å². The van der Waals surface area contributed by atoms with Crippen molar-refractivity contribution >= 4 is 50.8 Å². The maximum Gasteiger partial charge on any atom is 0.261 e. The molecule has 0 aliphatic carbocycles. The summed E-state index contributed by atoms with van der Waals surface area (Å²) in [4.78, 5) is 25.7. The molecule has 0 aromatic heterocycles. The summed E-state index contributed by atoms with van der Waals surface area (Å²) >= 11 is 8.76. The van der Waals surface area contributed by atoms with Gasteiger partial charge in [0.2, 0.25) is 0 Å². The van der Waals surface area contributed by atoms with Crippen molar-refractivity contribution < 1.29 is 14.3 Å². The Balaban J connectivity index is 1.62. The van der Waals surface area contributed by atoms with Gasteiger partial charge in [-0.1, -0.05) is 71.7 Å². The molecule has 0 aliphatic rings. The smallest absolute Gasteiger partial charge is 0.261 e. The number of ether oxygens (including phenoxy) is 1. The summed E-state index contributed by atoms with van der Waals surface area (Å²) in [7, 11) is 0. The minimum absolute atomic E-state index is 0.0824. The lowest BCUT2D eigenvalue weighted by atomic mass is 10.1.